The van der Waals surface area contributed by atoms with Crippen molar-refractivity contribution < 1.29 is 0 Å². The molecular formula is C29H27N5. The highest BCUT2D eigenvalue weighted by atomic mass is 15.3. The fourth-order valence-corrected chi connectivity index (χ4v) is 4.69. The topological polar surface area (TPSA) is 48.1 Å². The number of aromatic nitrogens is 3. The summed E-state index contributed by atoms with van der Waals surface area (Å²) in [6.45, 7) is 5.26. The summed E-state index contributed by atoms with van der Waals surface area (Å²) in [5, 5.41) is 0. The van der Waals surface area contributed by atoms with Crippen molar-refractivity contribution in [3.8, 4) is 22.5 Å². The van der Waals surface area contributed by atoms with Gasteiger partial charge in [0.1, 0.15) is 5.82 Å². The average molecular weight is 446 g/mol. The third-order valence-electron chi connectivity index (χ3n) is 6.64. The molecule has 0 spiro atoms. The number of H-pyrrole nitrogens is 1. The Bertz CT molecular complexity index is 1330. The number of hydrogen-bond acceptors (Lipinski definition) is 4. The smallest absolute Gasteiger partial charge is 0.138 e. The van der Waals surface area contributed by atoms with Gasteiger partial charge in [0, 0.05) is 56.4 Å². The SMILES string of the molecule is c1ccc2[nH]c(-c3ccc(-c4ccc(CN5CCN(c6ccncc6)CC5)cc4)cc3)nc2c1. The van der Waals surface area contributed by atoms with Crippen LogP contribution in [0.15, 0.2) is 97.3 Å². The molecule has 1 fully saturated rings. The highest BCUT2D eigenvalue weighted by Crippen LogP contribution is 2.26. The van der Waals surface area contributed by atoms with Gasteiger partial charge in [-0.05, 0) is 41.0 Å². The number of nitrogens with one attached hydrogen (secondary N) is 1. The van der Waals surface area contributed by atoms with Gasteiger partial charge < -0.3 is 9.88 Å². The first-order valence-corrected chi connectivity index (χ1v) is 11.8. The normalized spacial score (nSPS) is 14.5. The lowest BCUT2D eigenvalue weighted by Gasteiger charge is -2.36. The lowest BCUT2D eigenvalue weighted by atomic mass is 10.0. The first-order valence-electron chi connectivity index (χ1n) is 11.8. The monoisotopic (exact) mass is 445 g/mol. The van der Waals surface area contributed by atoms with Gasteiger partial charge in [0.15, 0.2) is 0 Å². The maximum absolute atomic E-state index is 4.71. The van der Waals surface area contributed by atoms with Crippen molar-refractivity contribution in [2.24, 2.45) is 0 Å². The van der Waals surface area contributed by atoms with E-state index in [2.05, 4.69) is 86.5 Å². The van der Waals surface area contributed by atoms with E-state index in [-0.39, 0.29) is 0 Å². The van der Waals surface area contributed by atoms with Gasteiger partial charge in [-0.15, -0.1) is 0 Å². The van der Waals surface area contributed by atoms with Gasteiger partial charge in [0.2, 0.25) is 0 Å². The van der Waals surface area contributed by atoms with Crippen LogP contribution in [-0.2, 0) is 6.54 Å². The molecule has 2 aromatic heterocycles. The number of pyridine rings is 1. The van der Waals surface area contributed by atoms with E-state index >= 15 is 0 Å². The van der Waals surface area contributed by atoms with Gasteiger partial charge in [0.05, 0.1) is 11.0 Å². The lowest BCUT2D eigenvalue weighted by molar-refractivity contribution is 0.250. The molecule has 6 rings (SSSR count). The van der Waals surface area contributed by atoms with Gasteiger partial charge >= 0.3 is 0 Å². The minimum Gasteiger partial charge on any atom is -0.369 e. The van der Waals surface area contributed by atoms with Crippen LogP contribution in [0, 0.1) is 0 Å². The molecule has 0 unspecified atom stereocenters. The predicted octanol–water partition coefficient (Wildman–Crippen LogP) is 5.61. The molecule has 5 nitrogen and oxygen atoms in total. The first kappa shape index (κ1) is 20.6. The molecule has 5 aromatic rings. The molecular weight excluding hydrogens is 418 g/mol. The molecule has 1 aliphatic heterocycles. The van der Waals surface area contributed by atoms with Crippen LogP contribution in [0.5, 0.6) is 0 Å². The maximum Gasteiger partial charge on any atom is 0.138 e. The Morgan fingerprint density at radius 2 is 1.32 bits per heavy atom. The van der Waals surface area contributed by atoms with Crippen molar-refractivity contribution in [2.45, 2.75) is 6.54 Å². The zero-order chi connectivity index (χ0) is 22.7. The Balaban J connectivity index is 1.09. The summed E-state index contributed by atoms with van der Waals surface area (Å²) >= 11 is 0. The number of benzene rings is 3. The van der Waals surface area contributed by atoms with Crippen LogP contribution in [0.25, 0.3) is 33.5 Å². The molecule has 0 bridgehead atoms. The van der Waals surface area contributed by atoms with Crippen molar-refractivity contribution in [2.75, 3.05) is 31.1 Å². The quantitative estimate of drug-likeness (QED) is 0.382. The molecule has 5 heteroatoms. The summed E-state index contributed by atoms with van der Waals surface area (Å²) in [5.41, 5.74) is 8.25. The largest absolute Gasteiger partial charge is 0.369 e. The Hall–Kier alpha value is -3.96. The van der Waals surface area contributed by atoms with Gasteiger partial charge in [-0.3, -0.25) is 9.88 Å². The highest BCUT2D eigenvalue weighted by Gasteiger charge is 2.17. The number of fused-ring (bicyclic) bond motifs is 1. The standard InChI is InChI=1S/C29H27N5/c1-2-4-28-27(3-1)31-29(32-28)25-11-9-24(10-12-25)23-7-5-22(6-8-23)21-33-17-19-34(20-18-33)26-13-15-30-16-14-26/h1-16H,17-21H2,(H,31,32). The number of rotatable bonds is 5. The van der Waals surface area contributed by atoms with Crippen molar-refractivity contribution >= 4 is 16.7 Å². The summed E-state index contributed by atoms with van der Waals surface area (Å²) in [7, 11) is 0. The van der Waals surface area contributed by atoms with Crippen LogP contribution in [-0.4, -0.2) is 46.0 Å². The number of para-hydroxylation sites is 2. The molecule has 3 heterocycles. The van der Waals surface area contributed by atoms with Crippen LogP contribution >= 0.6 is 0 Å². The second kappa shape index (κ2) is 9.12. The third-order valence-corrected chi connectivity index (χ3v) is 6.64. The molecule has 0 amide bonds. The number of anilines is 1. The third kappa shape index (κ3) is 4.30. The zero-order valence-corrected chi connectivity index (χ0v) is 19.1. The second-order valence-electron chi connectivity index (χ2n) is 8.85. The van der Waals surface area contributed by atoms with E-state index in [1.54, 1.807) is 0 Å². The maximum atomic E-state index is 4.71. The molecule has 1 N–H and O–H groups in total. The lowest BCUT2D eigenvalue weighted by Crippen LogP contribution is -2.45. The van der Waals surface area contributed by atoms with Crippen molar-refractivity contribution in [3.05, 3.63) is 103 Å². The zero-order valence-electron chi connectivity index (χ0n) is 19.1. The molecule has 168 valence electrons. The van der Waals surface area contributed by atoms with Crippen LogP contribution in [0.1, 0.15) is 5.56 Å². The minimum absolute atomic E-state index is 0.909. The summed E-state index contributed by atoms with van der Waals surface area (Å²) in [5.74, 6) is 0.909. The first-order chi connectivity index (χ1) is 16.8. The summed E-state index contributed by atoms with van der Waals surface area (Å²) < 4.78 is 0. The Kier molecular flexibility index (Phi) is 5.53. The van der Waals surface area contributed by atoms with E-state index in [1.807, 2.05) is 30.6 Å². The molecule has 1 saturated heterocycles. The highest BCUT2D eigenvalue weighted by molar-refractivity contribution is 5.79. The summed E-state index contributed by atoms with van der Waals surface area (Å²) in [6, 6.07) is 30.0. The average Bonchev–Trinajstić information content (AvgIpc) is 3.35. The fourth-order valence-electron chi connectivity index (χ4n) is 4.69. The molecule has 0 radical (unpaired) electrons. The van der Waals surface area contributed by atoms with Crippen molar-refractivity contribution in [1.29, 1.82) is 0 Å². The van der Waals surface area contributed by atoms with E-state index in [9.17, 15) is 0 Å². The molecule has 1 aliphatic rings. The fraction of sp³-hybridized carbons (Fsp3) is 0.172. The minimum atomic E-state index is 0.909. The molecule has 0 atom stereocenters. The van der Waals surface area contributed by atoms with Crippen LogP contribution in [0.4, 0.5) is 5.69 Å². The van der Waals surface area contributed by atoms with E-state index in [0.717, 1.165) is 55.1 Å². The Morgan fingerprint density at radius 1 is 0.676 bits per heavy atom. The van der Waals surface area contributed by atoms with Gasteiger partial charge in [0.25, 0.3) is 0 Å². The van der Waals surface area contributed by atoms with Gasteiger partial charge in [-0.2, -0.15) is 0 Å². The number of hydrogen-bond donors (Lipinski definition) is 1. The van der Waals surface area contributed by atoms with Crippen LogP contribution < -0.4 is 4.90 Å². The molecule has 0 saturated carbocycles. The van der Waals surface area contributed by atoms with Gasteiger partial charge in [-0.25, -0.2) is 4.98 Å². The predicted molar refractivity (Wildman–Crippen MR) is 139 cm³/mol. The summed E-state index contributed by atoms with van der Waals surface area (Å²) in [6.07, 6.45) is 3.74. The molecule has 0 aliphatic carbocycles. The number of aromatic amines is 1. The van der Waals surface area contributed by atoms with Gasteiger partial charge in [-0.1, -0.05) is 60.7 Å². The number of nitrogens with zero attached hydrogens (tertiary/aromatic N) is 4. The molecule has 3 aromatic carbocycles. The second-order valence-corrected chi connectivity index (χ2v) is 8.85. The van der Waals surface area contributed by atoms with E-state index in [1.165, 1.54) is 22.4 Å². The van der Waals surface area contributed by atoms with E-state index in [0.29, 0.717) is 0 Å². The van der Waals surface area contributed by atoms with E-state index in [4.69, 9.17) is 4.98 Å². The Morgan fingerprint density at radius 3 is 2.03 bits per heavy atom. The van der Waals surface area contributed by atoms with Crippen molar-refractivity contribution in [1.82, 2.24) is 19.9 Å². The Labute approximate surface area is 199 Å². The summed E-state index contributed by atoms with van der Waals surface area (Å²) in [4.78, 5) is 17.2. The van der Waals surface area contributed by atoms with Crippen LogP contribution in [0.2, 0.25) is 0 Å². The molecule has 34 heavy (non-hydrogen) atoms. The van der Waals surface area contributed by atoms with Crippen molar-refractivity contribution in [3.63, 3.8) is 0 Å². The number of imidazole rings is 1. The van der Waals surface area contributed by atoms with Crippen LogP contribution in [0.3, 0.4) is 0 Å². The number of piperazine rings is 1. The van der Waals surface area contributed by atoms with E-state index < -0.39 is 0 Å².